The van der Waals surface area contributed by atoms with E-state index < -0.39 is 0 Å². The standard InChI is InChI=1S/C12H16Cl2N2/c1-16(10-4-2-3-5-10)8-9-6-11(13)15-12(14)7-9/h6-7,10H,2-5,8H2,1H3. The molecule has 0 aromatic carbocycles. The summed E-state index contributed by atoms with van der Waals surface area (Å²) in [5, 5.41) is 0.949. The van der Waals surface area contributed by atoms with Crippen molar-refractivity contribution in [2.24, 2.45) is 0 Å². The molecule has 1 aliphatic carbocycles. The second-order valence-corrected chi connectivity index (χ2v) is 5.25. The first-order chi connectivity index (χ1) is 7.65. The van der Waals surface area contributed by atoms with Gasteiger partial charge in [0, 0.05) is 12.6 Å². The zero-order valence-electron chi connectivity index (χ0n) is 9.42. The Labute approximate surface area is 107 Å². The van der Waals surface area contributed by atoms with Gasteiger partial charge in [-0.05, 0) is 37.6 Å². The van der Waals surface area contributed by atoms with Gasteiger partial charge < -0.3 is 0 Å². The maximum atomic E-state index is 5.88. The number of halogens is 2. The molecule has 1 saturated carbocycles. The summed E-state index contributed by atoms with van der Waals surface area (Å²) in [5.41, 5.74) is 1.14. The number of hydrogen-bond donors (Lipinski definition) is 0. The third-order valence-electron chi connectivity index (χ3n) is 3.20. The minimum atomic E-state index is 0.474. The highest BCUT2D eigenvalue weighted by Crippen LogP contribution is 2.24. The maximum absolute atomic E-state index is 5.88. The van der Waals surface area contributed by atoms with Crippen LogP contribution in [0.15, 0.2) is 12.1 Å². The molecule has 4 heteroatoms. The van der Waals surface area contributed by atoms with Crippen molar-refractivity contribution in [3.05, 3.63) is 28.0 Å². The molecule has 0 radical (unpaired) electrons. The molecule has 1 fully saturated rings. The predicted molar refractivity (Wildman–Crippen MR) is 68.0 cm³/mol. The fourth-order valence-corrected chi connectivity index (χ4v) is 2.87. The zero-order valence-corrected chi connectivity index (χ0v) is 10.9. The van der Waals surface area contributed by atoms with Crippen LogP contribution in [0.2, 0.25) is 10.3 Å². The van der Waals surface area contributed by atoms with Crippen molar-refractivity contribution in [2.45, 2.75) is 38.3 Å². The molecule has 2 nitrogen and oxygen atoms in total. The minimum absolute atomic E-state index is 0.474. The van der Waals surface area contributed by atoms with E-state index in [1.54, 1.807) is 0 Å². The summed E-state index contributed by atoms with van der Waals surface area (Å²) in [6, 6.07) is 4.49. The van der Waals surface area contributed by atoms with E-state index in [0.29, 0.717) is 16.3 Å². The monoisotopic (exact) mass is 258 g/mol. The average Bonchev–Trinajstić information content (AvgIpc) is 2.68. The van der Waals surface area contributed by atoms with E-state index in [9.17, 15) is 0 Å². The molecule has 1 aromatic heterocycles. The van der Waals surface area contributed by atoms with Crippen LogP contribution in [0.3, 0.4) is 0 Å². The van der Waals surface area contributed by atoms with Crippen LogP contribution in [-0.4, -0.2) is 23.0 Å². The minimum Gasteiger partial charge on any atom is -0.299 e. The molecule has 0 amide bonds. The van der Waals surface area contributed by atoms with Crippen molar-refractivity contribution in [1.82, 2.24) is 9.88 Å². The van der Waals surface area contributed by atoms with Crippen LogP contribution < -0.4 is 0 Å². The van der Waals surface area contributed by atoms with Crippen molar-refractivity contribution in [3.63, 3.8) is 0 Å². The number of hydrogen-bond acceptors (Lipinski definition) is 2. The Bertz CT molecular complexity index is 342. The normalized spacial score (nSPS) is 17.2. The molecular formula is C12H16Cl2N2. The molecule has 0 atom stereocenters. The first-order valence-corrected chi connectivity index (χ1v) is 6.43. The lowest BCUT2D eigenvalue weighted by molar-refractivity contribution is 0.237. The first kappa shape index (κ1) is 12.2. The third kappa shape index (κ3) is 3.09. The molecule has 1 aromatic rings. The number of aromatic nitrogens is 1. The first-order valence-electron chi connectivity index (χ1n) is 5.67. The number of pyridine rings is 1. The predicted octanol–water partition coefficient (Wildman–Crippen LogP) is 3.76. The number of rotatable bonds is 3. The van der Waals surface area contributed by atoms with Crippen LogP contribution in [0.4, 0.5) is 0 Å². The van der Waals surface area contributed by atoms with Crippen molar-refractivity contribution in [2.75, 3.05) is 7.05 Å². The van der Waals surface area contributed by atoms with Gasteiger partial charge in [-0.2, -0.15) is 0 Å². The average molecular weight is 259 g/mol. The maximum Gasteiger partial charge on any atom is 0.131 e. The molecule has 0 unspecified atom stereocenters. The molecule has 1 heterocycles. The second-order valence-electron chi connectivity index (χ2n) is 4.47. The molecule has 88 valence electrons. The highest BCUT2D eigenvalue weighted by molar-refractivity contribution is 6.32. The Kier molecular flexibility index (Phi) is 4.06. The SMILES string of the molecule is CN(Cc1cc(Cl)nc(Cl)c1)C1CCCC1. The van der Waals surface area contributed by atoms with Gasteiger partial charge in [-0.1, -0.05) is 36.0 Å². The van der Waals surface area contributed by atoms with E-state index in [2.05, 4.69) is 16.9 Å². The summed E-state index contributed by atoms with van der Waals surface area (Å²) >= 11 is 11.8. The van der Waals surface area contributed by atoms with Gasteiger partial charge in [0.15, 0.2) is 0 Å². The quantitative estimate of drug-likeness (QED) is 0.768. The van der Waals surface area contributed by atoms with Crippen LogP contribution in [0, 0.1) is 0 Å². The highest BCUT2D eigenvalue weighted by atomic mass is 35.5. The Balaban J connectivity index is 2.02. The largest absolute Gasteiger partial charge is 0.299 e. The lowest BCUT2D eigenvalue weighted by Gasteiger charge is -2.24. The summed E-state index contributed by atoms with van der Waals surface area (Å²) in [7, 11) is 2.16. The lowest BCUT2D eigenvalue weighted by atomic mass is 10.2. The molecule has 0 spiro atoms. The molecule has 1 aliphatic rings. The van der Waals surface area contributed by atoms with Gasteiger partial charge in [-0.25, -0.2) is 4.98 Å². The summed E-state index contributed by atoms with van der Waals surface area (Å²) in [6.07, 6.45) is 5.33. The highest BCUT2D eigenvalue weighted by Gasteiger charge is 2.19. The fraction of sp³-hybridized carbons (Fsp3) is 0.583. The Morgan fingerprint density at radius 2 is 1.81 bits per heavy atom. The third-order valence-corrected chi connectivity index (χ3v) is 3.59. The van der Waals surface area contributed by atoms with Crippen molar-refractivity contribution in [1.29, 1.82) is 0 Å². The van der Waals surface area contributed by atoms with Gasteiger partial charge in [0.1, 0.15) is 10.3 Å². The molecule has 16 heavy (non-hydrogen) atoms. The van der Waals surface area contributed by atoms with Crippen LogP contribution in [0.25, 0.3) is 0 Å². The Morgan fingerprint density at radius 3 is 2.38 bits per heavy atom. The lowest BCUT2D eigenvalue weighted by Crippen LogP contribution is -2.28. The smallest absolute Gasteiger partial charge is 0.131 e. The zero-order chi connectivity index (χ0) is 11.5. The Hall–Kier alpha value is -0.310. The van der Waals surface area contributed by atoms with Gasteiger partial charge >= 0.3 is 0 Å². The van der Waals surface area contributed by atoms with Crippen LogP contribution in [0.5, 0.6) is 0 Å². The van der Waals surface area contributed by atoms with Gasteiger partial charge in [0.2, 0.25) is 0 Å². The van der Waals surface area contributed by atoms with E-state index >= 15 is 0 Å². The van der Waals surface area contributed by atoms with Crippen molar-refractivity contribution in [3.8, 4) is 0 Å². The van der Waals surface area contributed by atoms with Crippen LogP contribution >= 0.6 is 23.2 Å². The molecule has 0 bridgehead atoms. The van der Waals surface area contributed by atoms with Gasteiger partial charge in [0.25, 0.3) is 0 Å². The van der Waals surface area contributed by atoms with Crippen LogP contribution in [0.1, 0.15) is 31.2 Å². The molecule has 0 N–H and O–H groups in total. The molecule has 0 saturated heterocycles. The number of nitrogens with zero attached hydrogens (tertiary/aromatic N) is 2. The fourth-order valence-electron chi connectivity index (χ4n) is 2.37. The van der Waals surface area contributed by atoms with Crippen molar-refractivity contribution >= 4 is 23.2 Å². The van der Waals surface area contributed by atoms with E-state index in [-0.39, 0.29) is 0 Å². The van der Waals surface area contributed by atoms with E-state index in [1.807, 2.05) is 12.1 Å². The summed E-state index contributed by atoms with van der Waals surface area (Å²) in [6.45, 7) is 0.895. The molecular weight excluding hydrogens is 243 g/mol. The van der Waals surface area contributed by atoms with Crippen LogP contribution in [-0.2, 0) is 6.54 Å². The topological polar surface area (TPSA) is 16.1 Å². The van der Waals surface area contributed by atoms with Crippen molar-refractivity contribution < 1.29 is 0 Å². The Morgan fingerprint density at radius 1 is 1.25 bits per heavy atom. The summed E-state index contributed by atoms with van der Waals surface area (Å²) < 4.78 is 0. The van der Waals surface area contributed by atoms with Gasteiger partial charge in [0.05, 0.1) is 0 Å². The summed E-state index contributed by atoms with van der Waals surface area (Å²) in [5.74, 6) is 0. The van der Waals surface area contributed by atoms with E-state index in [0.717, 1.165) is 12.1 Å². The molecule has 0 aliphatic heterocycles. The molecule has 2 rings (SSSR count). The van der Waals surface area contributed by atoms with E-state index in [1.165, 1.54) is 25.7 Å². The summed E-state index contributed by atoms with van der Waals surface area (Å²) in [4.78, 5) is 6.34. The van der Waals surface area contributed by atoms with Gasteiger partial charge in [-0.3, -0.25) is 4.90 Å². The second kappa shape index (κ2) is 5.35. The van der Waals surface area contributed by atoms with Gasteiger partial charge in [-0.15, -0.1) is 0 Å². The van der Waals surface area contributed by atoms with E-state index in [4.69, 9.17) is 23.2 Å².